The standard InChI is InChI=1S/C76H40/c1-5-25-69-61(21-1)41-45-65-37-33-57-17-9-13-53(49-57)29-30-55-15-11-19-59(51-55)35-39-67-47-43-63-23-3-7-27-71(63)75(67)76-68(48-44-64-24-4-8-28-72(64)76)40-36-60-20-12-16-56(52-60)32-31-54-14-10-18-58(50-54)34-38-66-46-42-62-22-2-6-26-70(62)74(66)73(65)69/h1-28,41-52H. The zero-order valence-corrected chi connectivity index (χ0v) is 41.1. The van der Waals surface area contributed by atoms with Crippen LogP contribution in [0.2, 0.25) is 0 Å². The molecular formula is C76H40. The molecule has 344 valence electrons. The van der Waals surface area contributed by atoms with Crippen LogP contribution in [0.3, 0.4) is 0 Å². The topological polar surface area (TPSA) is 0 Å². The highest BCUT2D eigenvalue weighted by atomic mass is 14.2. The predicted molar refractivity (Wildman–Crippen MR) is 315 cm³/mol. The van der Waals surface area contributed by atoms with E-state index in [0.29, 0.717) is 0 Å². The monoisotopic (exact) mass is 952 g/mol. The van der Waals surface area contributed by atoms with Crippen molar-refractivity contribution in [2.75, 3.05) is 0 Å². The van der Waals surface area contributed by atoms with Crippen LogP contribution in [0.15, 0.2) is 243 Å². The van der Waals surface area contributed by atoms with Crippen LogP contribution in [0.1, 0.15) is 66.8 Å². The number of fused-ring (bicyclic) bond motifs is 22. The maximum atomic E-state index is 3.62. The first-order valence-corrected chi connectivity index (χ1v) is 25.2. The Morgan fingerprint density at radius 2 is 0.355 bits per heavy atom. The molecule has 0 heteroatoms. The molecule has 0 radical (unpaired) electrons. The highest BCUT2D eigenvalue weighted by molar-refractivity contribution is 6.11. The molecule has 0 saturated carbocycles. The molecule has 1 aliphatic rings. The molecule has 12 aromatic rings. The minimum Gasteiger partial charge on any atom is -0.0616 e. The molecule has 0 nitrogen and oxygen atoms in total. The van der Waals surface area contributed by atoms with E-state index in [1.807, 2.05) is 72.8 Å². The van der Waals surface area contributed by atoms with E-state index in [9.17, 15) is 0 Å². The van der Waals surface area contributed by atoms with E-state index in [-0.39, 0.29) is 0 Å². The summed E-state index contributed by atoms with van der Waals surface area (Å²) in [4.78, 5) is 0. The average Bonchev–Trinajstić information content (AvgIpc) is 3.48. The van der Waals surface area contributed by atoms with Gasteiger partial charge in [-0.3, -0.25) is 0 Å². The van der Waals surface area contributed by atoms with E-state index >= 15 is 0 Å². The molecule has 0 amide bonds. The molecule has 0 N–H and O–H groups in total. The van der Waals surface area contributed by atoms with E-state index in [4.69, 9.17) is 0 Å². The maximum absolute atomic E-state index is 3.62. The van der Waals surface area contributed by atoms with Crippen LogP contribution in [0.5, 0.6) is 0 Å². The van der Waals surface area contributed by atoms with Gasteiger partial charge in [0.15, 0.2) is 0 Å². The Bertz CT molecular complexity index is 4190. The Morgan fingerprint density at radius 1 is 0.158 bits per heavy atom. The van der Waals surface area contributed by atoms with Crippen molar-refractivity contribution < 1.29 is 0 Å². The lowest BCUT2D eigenvalue weighted by atomic mass is 9.87. The normalized spacial score (nSPS) is 11.2. The first kappa shape index (κ1) is 44.9. The van der Waals surface area contributed by atoms with Crippen molar-refractivity contribution in [1.29, 1.82) is 0 Å². The Balaban J connectivity index is 1.00. The van der Waals surface area contributed by atoms with Crippen LogP contribution >= 0.6 is 0 Å². The SMILES string of the molecule is C1#Cc2cccc(c2)C#Cc2ccc3ccccc3c2-c2c(ccc3ccccc23)C#Cc2cccc(c2)C#Cc2cccc(c2)C#Cc2ccc3ccccc3c2-c2c(ccc3ccccc23)C#Cc2cccc1c2. The summed E-state index contributed by atoms with van der Waals surface area (Å²) in [6, 6.07) is 83.9. The second-order valence-corrected chi connectivity index (χ2v) is 18.7. The van der Waals surface area contributed by atoms with Crippen molar-refractivity contribution in [3.05, 3.63) is 309 Å². The fraction of sp³-hybridized carbons (Fsp3) is 0. The van der Waals surface area contributed by atoms with Gasteiger partial charge in [-0.25, -0.2) is 0 Å². The summed E-state index contributed by atoms with van der Waals surface area (Å²) in [6.07, 6.45) is 0. The van der Waals surface area contributed by atoms with Crippen LogP contribution < -0.4 is 0 Å². The van der Waals surface area contributed by atoms with Crippen LogP contribution in [-0.2, 0) is 0 Å². The number of hydrogen-bond donors (Lipinski definition) is 0. The summed E-state index contributed by atoms with van der Waals surface area (Å²) >= 11 is 0. The van der Waals surface area contributed by atoms with E-state index in [1.165, 1.54) is 0 Å². The van der Waals surface area contributed by atoms with E-state index in [0.717, 1.165) is 132 Å². The van der Waals surface area contributed by atoms with E-state index in [2.05, 4.69) is 241 Å². The van der Waals surface area contributed by atoms with Crippen molar-refractivity contribution >= 4 is 43.1 Å². The van der Waals surface area contributed by atoms with Gasteiger partial charge in [-0.2, -0.15) is 0 Å². The zero-order valence-electron chi connectivity index (χ0n) is 41.1. The van der Waals surface area contributed by atoms with Crippen LogP contribution in [0.25, 0.3) is 65.3 Å². The molecule has 0 atom stereocenters. The molecule has 12 aromatic carbocycles. The van der Waals surface area contributed by atoms with Crippen molar-refractivity contribution in [3.8, 4) is 93.3 Å². The van der Waals surface area contributed by atoms with Crippen molar-refractivity contribution in [2.24, 2.45) is 0 Å². The first-order valence-electron chi connectivity index (χ1n) is 25.2. The van der Waals surface area contributed by atoms with Crippen LogP contribution in [-0.4, -0.2) is 0 Å². The summed E-state index contributed by atoms with van der Waals surface area (Å²) in [5.41, 5.74) is 14.9. The van der Waals surface area contributed by atoms with Gasteiger partial charge in [0, 0.05) is 89.0 Å². The fourth-order valence-electron chi connectivity index (χ4n) is 10.1. The highest BCUT2D eigenvalue weighted by Gasteiger charge is 2.18. The molecule has 1 aliphatic carbocycles. The third kappa shape index (κ3) is 9.13. The molecule has 13 rings (SSSR count). The highest BCUT2D eigenvalue weighted by Crippen LogP contribution is 2.41. The molecule has 0 aliphatic heterocycles. The Labute approximate surface area is 443 Å². The summed E-state index contributed by atoms with van der Waals surface area (Å²) < 4.78 is 0. The maximum Gasteiger partial charge on any atom is 0.0334 e. The minimum atomic E-state index is 0.872. The van der Waals surface area contributed by atoms with Crippen molar-refractivity contribution in [1.82, 2.24) is 0 Å². The lowest BCUT2D eigenvalue weighted by Crippen LogP contribution is -1.93. The Kier molecular flexibility index (Phi) is 11.8. The molecule has 0 aromatic heterocycles. The van der Waals surface area contributed by atoms with Gasteiger partial charge < -0.3 is 0 Å². The molecular weight excluding hydrogens is 913 g/mol. The molecule has 0 unspecified atom stereocenters. The first-order chi connectivity index (χ1) is 37.6. The lowest BCUT2D eigenvalue weighted by molar-refractivity contribution is 1.57. The summed E-state index contributed by atoms with van der Waals surface area (Å²) in [5.74, 6) is 42.3. The predicted octanol–water partition coefficient (Wildman–Crippen LogP) is 16.3. The fourth-order valence-corrected chi connectivity index (χ4v) is 10.1. The average molecular weight is 953 g/mol. The van der Waals surface area contributed by atoms with Gasteiger partial charge in [0.2, 0.25) is 0 Å². The van der Waals surface area contributed by atoms with E-state index < -0.39 is 0 Å². The third-order valence-electron chi connectivity index (χ3n) is 13.7. The van der Waals surface area contributed by atoms with Crippen LogP contribution in [0.4, 0.5) is 0 Å². The number of hydrogen-bond acceptors (Lipinski definition) is 0. The molecule has 0 heterocycles. The van der Waals surface area contributed by atoms with Gasteiger partial charge in [-0.15, -0.1) is 0 Å². The summed E-state index contributed by atoms with van der Waals surface area (Å²) in [6.45, 7) is 0. The molecule has 0 spiro atoms. The minimum absolute atomic E-state index is 0.872. The number of rotatable bonds is 0. The molecule has 0 fully saturated rings. The van der Waals surface area contributed by atoms with Gasteiger partial charge in [-0.1, -0.05) is 217 Å². The second kappa shape index (κ2) is 19.9. The summed E-state index contributed by atoms with van der Waals surface area (Å²) in [5, 5.41) is 8.97. The number of benzene rings is 12. The van der Waals surface area contributed by atoms with E-state index in [1.54, 1.807) is 0 Å². The van der Waals surface area contributed by atoms with Gasteiger partial charge in [0.25, 0.3) is 0 Å². The van der Waals surface area contributed by atoms with Crippen molar-refractivity contribution in [3.63, 3.8) is 0 Å². The van der Waals surface area contributed by atoms with Gasteiger partial charge >= 0.3 is 0 Å². The van der Waals surface area contributed by atoms with Crippen LogP contribution in [0, 0.1) is 71.0 Å². The third-order valence-corrected chi connectivity index (χ3v) is 13.7. The molecule has 0 saturated heterocycles. The van der Waals surface area contributed by atoms with Gasteiger partial charge in [0.1, 0.15) is 0 Å². The lowest BCUT2D eigenvalue weighted by Gasteiger charge is -2.15. The quantitative estimate of drug-likeness (QED) is 0.133. The van der Waals surface area contributed by atoms with Gasteiger partial charge in [0.05, 0.1) is 0 Å². The molecule has 76 heavy (non-hydrogen) atoms. The smallest absolute Gasteiger partial charge is 0.0334 e. The largest absolute Gasteiger partial charge is 0.0616 e. The summed E-state index contributed by atoms with van der Waals surface area (Å²) in [7, 11) is 0. The Morgan fingerprint density at radius 3 is 0.579 bits per heavy atom. The second-order valence-electron chi connectivity index (χ2n) is 18.7. The Hall–Kier alpha value is -11.0. The zero-order chi connectivity index (χ0) is 50.6. The van der Waals surface area contributed by atoms with Crippen molar-refractivity contribution in [2.45, 2.75) is 0 Å². The van der Waals surface area contributed by atoms with Gasteiger partial charge in [-0.05, 0) is 140 Å². The molecule has 8 bridgehead atoms.